The molecule has 19 heavy (non-hydrogen) atoms. The fraction of sp³-hybridized carbons (Fsp3) is 0.364. The third kappa shape index (κ3) is 3.02. The minimum absolute atomic E-state index is 0.156. The summed E-state index contributed by atoms with van der Waals surface area (Å²) in [5, 5.41) is 15.6. The Bertz CT molecular complexity index is 661. The first-order valence-corrected chi connectivity index (χ1v) is 6.48. The molecule has 0 spiro atoms. The first-order chi connectivity index (χ1) is 8.97. The average Bonchev–Trinajstić information content (AvgIpc) is 2.81. The van der Waals surface area contributed by atoms with Gasteiger partial charge in [0.25, 0.3) is 11.5 Å². The van der Waals surface area contributed by atoms with Crippen molar-refractivity contribution in [3.63, 3.8) is 0 Å². The molecule has 8 heteroatoms. The number of anilines is 1. The number of aryl methyl sites for hydroxylation is 1. The van der Waals surface area contributed by atoms with E-state index in [0.717, 1.165) is 9.69 Å². The molecule has 0 aromatic carbocycles. The van der Waals surface area contributed by atoms with E-state index >= 15 is 0 Å². The summed E-state index contributed by atoms with van der Waals surface area (Å²) in [5.74, 6) is -0.152. The second kappa shape index (κ2) is 5.27. The lowest BCUT2D eigenvalue weighted by molar-refractivity contribution is 0.102. The summed E-state index contributed by atoms with van der Waals surface area (Å²) in [6, 6.07) is 2.67. The Labute approximate surface area is 113 Å². The molecule has 0 unspecified atom stereocenters. The van der Waals surface area contributed by atoms with E-state index in [9.17, 15) is 9.59 Å². The van der Waals surface area contributed by atoms with Crippen LogP contribution in [0.1, 0.15) is 35.3 Å². The van der Waals surface area contributed by atoms with Gasteiger partial charge in [0.05, 0.1) is 0 Å². The van der Waals surface area contributed by atoms with Crippen molar-refractivity contribution in [3.8, 4) is 0 Å². The van der Waals surface area contributed by atoms with E-state index in [2.05, 4.69) is 20.6 Å². The quantitative estimate of drug-likeness (QED) is 0.905. The highest BCUT2D eigenvalue weighted by Gasteiger charge is 2.13. The van der Waals surface area contributed by atoms with E-state index in [1.54, 1.807) is 0 Å². The minimum atomic E-state index is -0.415. The maximum Gasteiger partial charge on any atom is 0.277 e. The zero-order valence-electron chi connectivity index (χ0n) is 10.7. The first kappa shape index (κ1) is 13.3. The average molecular weight is 279 g/mol. The van der Waals surface area contributed by atoms with Crippen molar-refractivity contribution in [3.05, 3.63) is 33.2 Å². The molecule has 0 saturated heterocycles. The van der Waals surface area contributed by atoms with Crippen LogP contribution in [0, 0.1) is 0 Å². The topological polar surface area (TPSA) is 89.8 Å². The molecule has 0 saturated carbocycles. The van der Waals surface area contributed by atoms with Gasteiger partial charge in [-0.25, -0.2) is 4.68 Å². The van der Waals surface area contributed by atoms with E-state index in [1.807, 2.05) is 13.8 Å². The van der Waals surface area contributed by atoms with Gasteiger partial charge in [0.2, 0.25) is 5.13 Å². The van der Waals surface area contributed by atoms with Crippen LogP contribution in [-0.2, 0) is 7.05 Å². The van der Waals surface area contributed by atoms with Gasteiger partial charge in [-0.3, -0.25) is 14.9 Å². The molecule has 0 atom stereocenters. The smallest absolute Gasteiger partial charge is 0.277 e. The molecule has 2 aromatic heterocycles. The van der Waals surface area contributed by atoms with E-state index < -0.39 is 5.91 Å². The summed E-state index contributed by atoms with van der Waals surface area (Å²) in [5.41, 5.74) is -0.113. The van der Waals surface area contributed by atoms with Crippen LogP contribution < -0.4 is 10.9 Å². The summed E-state index contributed by atoms with van der Waals surface area (Å²) >= 11 is 1.32. The van der Waals surface area contributed by atoms with Crippen LogP contribution in [0.4, 0.5) is 5.13 Å². The highest BCUT2D eigenvalue weighted by molar-refractivity contribution is 7.15. The van der Waals surface area contributed by atoms with Crippen molar-refractivity contribution in [2.45, 2.75) is 19.8 Å². The summed E-state index contributed by atoms with van der Waals surface area (Å²) < 4.78 is 1.11. The molecule has 7 nitrogen and oxygen atoms in total. The molecule has 100 valence electrons. The van der Waals surface area contributed by atoms with Crippen molar-refractivity contribution in [2.75, 3.05) is 5.32 Å². The van der Waals surface area contributed by atoms with E-state index in [0.29, 0.717) is 5.13 Å². The van der Waals surface area contributed by atoms with Gasteiger partial charge < -0.3 is 0 Å². The lowest BCUT2D eigenvalue weighted by Crippen LogP contribution is -2.23. The molecule has 0 bridgehead atoms. The molecule has 0 aliphatic rings. The number of rotatable bonds is 3. The van der Waals surface area contributed by atoms with Gasteiger partial charge >= 0.3 is 0 Å². The predicted molar refractivity (Wildman–Crippen MR) is 71.4 cm³/mol. The molecule has 1 amide bonds. The fourth-order valence-corrected chi connectivity index (χ4v) is 2.04. The Hall–Kier alpha value is -2.09. The maximum atomic E-state index is 11.9. The third-order valence-electron chi connectivity index (χ3n) is 2.35. The molecular weight excluding hydrogens is 266 g/mol. The predicted octanol–water partition coefficient (Wildman–Crippen LogP) is 1.01. The number of carbonyl (C=O) groups is 1. The number of nitrogens with one attached hydrogen (secondary N) is 1. The summed E-state index contributed by atoms with van der Waals surface area (Å²) in [6.45, 7) is 4.00. The third-order valence-corrected chi connectivity index (χ3v) is 3.49. The molecule has 0 aliphatic heterocycles. The zero-order chi connectivity index (χ0) is 14.0. The van der Waals surface area contributed by atoms with Crippen LogP contribution in [0.3, 0.4) is 0 Å². The Morgan fingerprint density at radius 2 is 2.11 bits per heavy atom. The monoisotopic (exact) mass is 279 g/mol. The molecule has 2 aromatic rings. The van der Waals surface area contributed by atoms with Gasteiger partial charge in [0, 0.05) is 19.0 Å². The Morgan fingerprint density at radius 1 is 1.37 bits per heavy atom. The standard InChI is InChI=1S/C11H13N5O2S/c1-6(2)10-13-14-11(19-10)12-9(18)7-4-5-8(17)16(3)15-7/h4-6H,1-3H3,(H,12,14,18). The first-order valence-electron chi connectivity index (χ1n) is 5.66. The number of nitrogens with zero attached hydrogens (tertiary/aromatic N) is 4. The Balaban J connectivity index is 2.15. The van der Waals surface area contributed by atoms with Crippen LogP contribution >= 0.6 is 11.3 Å². The van der Waals surface area contributed by atoms with Gasteiger partial charge in [0.1, 0.15) is 10.7 Å². The fourth-order valence-electron chi connectivity index (χ4n) is 1.30. The van der Waals surface area contributed by atoms with E-state index in [-0.39, 0.29) is 17.2 Å². The number of carbonyl (C=O) groups excluding carboxylic acids is 1. The molecule has 2 rings (SSSR count). The maximum absolute atomic E-state index is 11.9. The van der Waals surface area contributed by atoms with Crippen molar-refractivity contribution >= 4 is 22.4 Å². The second-order valence-corrected chi connectivity index (χ2v) is 5.24. The second-order valence-electron chi connectivity index (χ2n) is 4.23. The van der Waals surface area contributed by atoms with Crippen LogP contribution in [0.15, 0.2) is 16.9 Å². The minimum Gasteiger partial charge on any atom is -0.295 e. The van der Waals surface area contributed by atoms with Crippen molar-refractivity contribution in [1.29, 1.82) is 0 Å². The highest BCUT2D eigenvalue weighted by atomic mass is 32.1. The number of hydrogen-bond acceptors (Lipinski definition) is 6. The largest absolute Gasteiger partial charge is 0.295 e. The van der Waals surface area contributed by atoms with Gasteiger partial charge in [-0.15, -0.1) is 10.2 Å². The summed E-state index contributed by atoms with van der Waals surface area (Å²) in [6.07, 6.45) is 0. The highest BCUT2D eigenvalue weighted by Crippen LogP contribution is 2.22. The van der Waals surface area contributed by atoms with Gasteiger partial charge in [-0.1, -0.05) is 25.2 Å². The Morgan fingerprint density at radius 3 is 2.68 bits per heavy atom. The molecule has 0 fully saturated rings. The number of hydrogen-bond donors (Lipinski definition) is 1. The molecule has 0 aliphatic carbocycles. The van der Waals surface area contributed by atoms with E-state index in [4.69, 9.17) is 0 Å². The number of amides is 1. The summed E-state index contributed by atoms with van der Waals surface area (Å²) in [7, 11) is 1.49. The van der Waals surface area contributed by atoms with Crippen molar-refractivity contribution < 1.29 is 4.79 Å². The van der Waals surface area contributed by atoms with Crippen LogP contribution in [0.25, 0.3) is 0 Å². The SMILES string of the molecule is CC(C)c1nnc(NC(=O)c2ccc(=O)n(C)n2)s1. The van der Waals surface area contributed by atoms with Crippen molar-refractivity contribution in [1.82, 2.24) is 20.0 Å². The normalized spacial score (nSPS) is 10.7. The lowest BCUT2D eigenvalue weighted by atomic mass is 10.2. The van der Waals surface area contributed by atoms with Crippen molar-refractivity contribution in [2.24, 2.45) is 7.05 Å². The van der Waals surface area contributed by atoms with Gasteiger partial charge in [-0.2, -0.15) is 5.10 Å². The summed E-state index contributed by atoms with van der Waals surface area (Å²) in [4.78, 5) is 23.1. The molecular formula is C11H13N5O2S. The lowest BCUT2D eigenvalue weighted by Gasteiger charge is -2.01. The van der Waals surface area contributed by atoms with E-state index in [1.165, 1.54) is 30.5 Å². The van der Waals surface area contributed by atoms with Crippen LogP contribution in [0.2, 0.25) is 0 Å². The molecule has 2 heterocycles. The zero-order valence-corrected chi connectivity index (χ0v) is 11.6. The van der Waals surface area contributed by atoms with Gasteiger partial charge in [-0.05, 0) is 6.07 Å². The Kier molecular flexibility index (Phi) is 3.70. The van der Waals surface area contributed by atoms with Crippen LogP contribution in [-0.4, -0.2) is 25.9 Å². The number of aromatic nitrogens is 4. The molecule has 1 N–H and O–H groups in total. The molecule has 0 radical (unpaired) electrons. The van der Waals surface area contributed by atoms with Gasteiger partial charge in [0.15, 0.2) is 0 Å². The van der Waals surface area contributed by atoms with Crippen LogP contribution in [0.5, 0.6) is 0 Å².